The van der Waals surface area contributed by atoms with Gasteiger partial charge in [0.1, 0.15) is 17.4 Å². The van der Waals surface area contributed by atoms with Gasteiger partial charge in [0, 0.05) is 23.2 Å². The van der Waals surface area contributed by atoms with Crippen molar-refractivity contribution in [2.24, 2.45) is 23.5 Å². The first-order valence-corrected chi connectivity index (χ1v) is 13.0. The van der Waals surface area contributed by atoms with Gasteiger partial charge in [-0.05, 0) is 73.8 Å². The number of fused-ring (bicyclic) bond motifs is 3. The van der Waals surface area contributed by atoms with Crippen molar-refractivity contribution in [3.8, 4) is 16.9 Å². The number of rotatable bonds is 4. The van der Waals surface area contributed by atoms with Crippen LogP contribution >= 0.6 is 0 Å². The molecule has 6 atom stereocenters. The molecule has 2 aromatic rings. The number of nitrogens with two attached hydrogens (primary N) is 2. The second-order valence-corrected chi connectivity index (χ2v) is 11.1. The number of benzene rings is 2. The van der Waals surface area contributed by atoms with E-state index in [1.165, 1.54) is 24.1 Å². The minimum Gasteiger partial charge on any atom is -0.507 e. The molecule has 3 aliphatic rings. The Hall–Kier alpha value is -4.26. The molecule has 41 heavy (non-hydrogen) atoms. The monoisotopic (exact) mass is 565 g/mol. The van der Waals surface area contributed by atoms with Gasteiger partial charge in [-0.2, -0.15) is 0 Å². The van der Waals surface area contributed by atoms with E-state index >= 15 is 0 Å². The Bertz CT molecular complexity index is 1550. The van der Waals surface area contributed by atoms with Gasteiger partial charge in [0.15, 0.2) is 11.4 Å². The van der Waals surface area contributed by atoms with E-state index in [9.17, 15) is 39.6 Å². The molecule has 0 spiro atoms. The molecule has 2 unspecified atom stereocenters. The lowest BCUT2D eigenvalue weighted by atomic mass is 9.54. The van der Waals surface area contributed by atoms with E-state index < -0.39 is 64.7 Å². The van der Waals surface area contributed by atoms with E-state index in [2.05, 4.69) is 0 Å². The Balaban J connectivity index is 1.70. The van der Waals surface area contributed by atoms with Gasteiger partial charge < -0.3 is 41.5 Å². The first-order chi connectivity index (χ1) is 19.2. The van der Waals surface area contributed by atoms with Crippen molar-refractivity contribution in [1.29, 1.82) is 0 Å². The summed E-state index contributed by atoms with van der Waals surface area (Å²) < 4.78 is 4.82. The Labute approximate surface area is 234 Å². The number of phenolic OH excluding ortho intramolecular Hbond substituents is 1. The molecule has 0 aliphatic heterocycles. The molecule has 12 nitrogen and oxygen atoms in total. The highest BCUT2D eigenvalue weighted by Crippen LogP contribution is 2.53. The number of Topliss-reactive ketones (excluding diaryl/α,β-unsaturated/α-hetero) is 2. The molecule has 12 heteroatoms. The first-order valence-electron chi connectivity index (χ1n) is 13.0. The second kappa shape index (κ2) is 9.68. The van der Waals surface area contributed by atoms with Crippen LogP contribution in [0.1, 0.15) is 27.9 Å². The molecule has 8 N–H and O–H groups in total. The number of aliphatic hydroxyl groups is 3. The number of ether oxygens (including phenoxy) is 1. The maximum absolute atomic E-state index is 14.0. The summed E-state index contributed by atoms with van der Waals surface area (Å²) in [6.45, 7) is 0. The van der Waals surface area contributed by atoms with Crippen LogP contribution in [0.5, 0.6) is 5.75 Å². The zero-order valence-electron chi connectivity index (χ0n) is 22.6. The van der Waals surface area contributed by atoms with Gasteiger partial charge >= 0.3 is 5.97 Å². The number of primary amides is 1. The maximum atomic E-state index is 14.0. The Morgan fingerprint density at radius 2 is 1.80 bits per heavy atom. The van der Waals surface area contributed by atoms with Crippen LogP contribution < -0.4 is 11.5 Å². The highest BCUT2D eigenvalue weighted by Gasteiger charge is 2.67. The molecule has 0 heterocycles. The number of methoxy groups -OCH3 is 1. The molecule has 0 bridgehead atoms. The third-order valence-electron chi connectivity index (χ3n) is 8.66. The van der Waals surface area contributed by atoms with Crippen LogP contribution in [0.15, 0.2) is 35.9 Å². The standard InChI is InChI=1S/C29H31N3O9/c1-32(2)22-17-10-12-9-16-15(11-6-13(28(39)41-3)8-14(30)7-11)4-5-18(33)20(16)23(34)19(12)25(36)29(17,40)26(37)21(24(22)35)27(31)38/h4-8,12,17,21-22,24,33-35,40H,9-10,30H2,1-3H3,(H2,31,38)/t12-,17-,21?,22-,24?,29-/m1/s1. The molecule has 2 saturated carbocycles. The lowest BCUT2D eigenvalue weighted by Gasteiger charge is -2.53. The van der Waals surface area contributed by atoms with Crippen LogP contribution in [0.2, 0.25) is 0 Å². The predicted octanol–water partition coefficient (Wildman–Crippen LogP) is 0.165. The lowest BCUT2D eigenvalue weighted by Crippen LogP contribution is -2.73. The summed E-state index contributed by atoms with van der Waals surface area (Å²) in [5.41, 5.74) is 10.3. The van der Waals surface area contributed by atoms with E-state index in [0.29, 0.717) is 16.7 Å². The maximum Gasteiger partial charge on any atom is 0.337 e. The van der Waals surface area contributed by atoms with Crippen LogP contribution in [-0.4, -0.2) is 87.7 Å². The summed E-state index contributed by atoms with van der Waals surface area (Å²) >= 11 is 0. The summed E-state index contributed by atoms with van der Waals surface area (Å²) in [6, 6.07) is 6.52. The summed E-state index contributed by atoms with van der Waals surface area (Å²) in [6.07, 6.45) is -1.49. The molecule has 1 amide bonds. The Morgan fingerprint density at radius 1 is 1.12 bits per heavy atom. The van der Waals surface area contributed by atoms with E-state index in [0.717, 1.165) is 0 Å². The summed E-state index contributed by atoms with van der Waals surface area (Å²) in [5, 5.41) is 44.9. The fraction of sp³-hybridized carbons (Fsp3) is 0.379. The van der Waals surface area contributed by atoms with Crippen LogP contribution in [0.4, 0.5) is 5.69 Å². The number of likely N-dealkylation sites (N-methyl/N-ethyl adjacent to an activating group) is 1. The normalized spacial score (nSPS) is 29.1. The van der Waals surface area contributed by atoms with Crippen molar-refractivity contribution in [2.75, 3.05) is 26.9 Å². The Kier molecular flexibility index (Phi) is 6.68. The van der Waals surface area contributed by atoms with Crippen LogP contribution in [0, 0.1) is 17.8 Å². The molecule has 3 aliphatic carbocycles. The lowest BCUT2D eigenvalue weighted by molar-refractivity contribution is -0.184. The number of nitrogens with zero attached hydrogens (tertiary/aromatic N) is 1. The minimum atomic E-state index is -2.73. The smallest absolute Gasteiger partial charge is 0.337 e. The number of aromatic hydroxyl groups is 1. The number of anilines is 1. The van der Waals surface area contributed by atoms with Gasteiger partial charge in [-0.3, -0.25) is 14.4 Å². The number of aliphatic hydroxyl groups excluding tert-OH is 2. The molecule has 216 valence electrons. The fourth-order valence-corrected chi connectivity index (χ4v) is 6.92. The van der Waals surface area contributed by atoms with Crippen molar-refractivity contribution >= 4 is 34.9 Å². The third-order valence-corrected chi connectivity index (χ3v) is 8.66. The number of hydrogen-bond donors (Lipinski definition) is 6. The first kappa shape index (κ1) is 28.3. The summed E-state index contributed by atoms with van der Waals surface area (Å²) in [4.78, 5) is 53.3. The van der Waals surface area contributed by atoms with Crippen LogP contribution in [-0.2, 0) is 25.5 Å². The van der Waals surface area contributed by atoms with E-state index in [1.54, 1.807) is 32.3 Å². The number of nitrogen functional groups attached to an aromatic ring is 1. The quantitative estimate of drug-likeness (QED) is 0.167. The highest BCUT2D eigenvalue weighted by atomic mass is 16.5. The van der Waals surface area contributed by atoms with Gasteiger partial charge in [-0.15, -0.1) is 0 Å². The van der Waals surface area contributed by atoms with Crippen molar-refractivity contribution in [3.05, 3.63) is 52.6 Å². The molecule has 2 aromatic carbocycles. The van der Waals surface area contributed by atoms with Gasteiger partial charge in [-0.1, -0.05) is 6.07 Å². The van der Waals surface area contributed by atoms with Gasteiger partial charge in [0.25, 0.3) is 0 Å². The zero-order chi connectivity index (χ0) is 30.1. The van der Waals surface area contributed by atoms with Crippen molar-refractivity contribution in [2.45, 2.75) is 30.6 Å². The van der Waals surface area contributed by atoms with Crippen LogP contribution in [0.25, 0.3) is 16.9 Å². The largest absolute Gasteiger partial charge is 0.507 e. The molecular formula is C29H31N3O9. The number of amides is 1. The average Bonchev–Trinajstić information content (AvgIpc) is 2.89. The van der Waals surface area contributed by atoms with Crippen molar-refractivity contribution in [3.63, 3.8) is 0 Å². The van der Waals surface area contributed by atoms with Crippen LogP contribution in [0.3, 0.4) is 0 Å². The number of carbonyl (C=O) groups is 4. The number of ketones is 2. The number of esters is 1. The topological polar surface area (TPSA) is 214 Å². The number of hydrogen-bond acceptors (Lipinski definition) is 11. The average molecular weight is 566 g/mol. The van der Waals surface area contributed by atoms with E-state index in [4.69, 9.17) is 16.2 Å². The fourth-order valence-electron chi connectivity index (χ4n) is 6.92. The summed E-state index contributed by atoms with van der Waals surface area (Å²) in [5.74, 6) is -8.77. The molecular weight excluding hydrogens is 534 g/mol. The third kappa shape index (κ3) is 4.01. The summed E-state index contributed by atoms with van der Waals surface area (Å²) in [7, 11) is 4.40. The molecule has 0 aromatic heterocycles. The second-order valence-electron chi connectivity index (χ2n) is 11.1. The molecule has 5 rings (SSSR count). The minimum absolute atomic E-state index is 0.0162. The molecule has 2 fully saturated rings. The molecule has 0 saturated heterocycles. The van der Waals surface area contributed by atoms with Gasteiger partial charge in [0.05, 0.1) is 24.3 Å². The van der Waals surface area contributed by atoms with Gasteiger partial charge in [-0.25, -0.2) is 4.79 Å². The SMILES string of the molecule is COC(=O)c1cc(N)cc(-c2ccc(O)c3c2C[C@@H]2C[C@@H]4[C@@H](N(C)C)C(O)C(C(N)=O)C(=O)[C@]4(O)C(=O)C2=C3O)c1. The predicted molar refractivity (Wildman–Crippen MR) is 145 cm³/mol. The zero-order valence-corrected chi connectivity index (χ0v) is 22.6. The highest BCUT2D eigenvalue weighted by molar-refractivity contribution is 6.25. The molecule has 0 radical (unpaired) electrons. The Morgan fingerprint density at radius 3 is 2.41 bits per heavy atom. The van der Waals surface area contributed by atoms with E-state index in [1.807, 2.05) is 0 Å². The van der Waals surface area contributed by atoms with Crippen molar-refractivity contribution < 1.29 is 44.3 Å². The van der Waals surface area contributed by atoms with Gasteiger partial charge in [0.2, 0.25) is 11.7 Å². The van der Waals surface area contributed by atoms with Crippen molar-refractivity contribution in [1.82, 2.24) is 4.90 Å². The van der Waals surface area contributed by atoms with E-state index in [-0.39, 0.29) is 41.0 Å². The number of phenols is 1. The number of carbonyl (C=O) groups excluding carboxylic acids is 4.